The first-order valence-corrected chi connectivity index (χ1v) is 2.51. The third-order valence-electron chi connectivity index (χ3n) is 0.980. The van der Waals surface area contributed by atoms with Crippen molar-refractivity contribution >= 4 is 0 Å². The molecule has 48 valence electrons. The molecule has 0 radical (unpaired) electrons. The molecule has 0 aliphatic heterocycles. The Kier molecular flexibility index (Phi) is 3.53. The van der Waals surface area contributed by atoms with Crippen LogP contribution in [0.25, 0.3) is 0 Å². The van der Waals surface area contributed by atoms with Gasteiger partial charge in [0.05, 0.1) is 0 Å². The van der Waals surface area contributed by atoms with Crippen LogP contribution in [0, 0.1) is 12.7 Å². The van der Waals surface area contributed by atoms with Gasteiger partial charge >= 0.3 is 0 Å². The van der Waals surface area contributed by atoms with Crippen LogP contribution in [0.4, 0.5) is 4.39 Å². The third-order valence-corrected chi connectivity index (χ3v) is 0.980. The van der Waals surface area contributed by atoms with Crippen LogP contribution in [0.15, 0.2) is 24.3 Å². The van der Waals surface area contributed by atoms with Crippen molar-refractivity contribution in [1.29, 1.82) is 0 Å². The zero-order valence-corrected chi connectivity index (χ0v) is 6.37. The molecule has 0 N–H and O–H groups in total. The normalized spacial score (nSPS) is 8.22. The number of halogens is 1. The van der Waals surface area contributed by atoms with E-state index in [1.165, 1.54) is 12.1 Å². The Bertz CT molecular complexity index is 169. The Morgan fingerprint density at radius 3 is 2.33 bits per heavy atom. The summed E-state index contributed by atoms with van der Waals surface area (Å²) < 4.78 is 12.2. The van der Waals surface area contributed by atoms with Gasteiger partial charge in [0, 0.05) is 17.4 Å². The van der Waals surface area contributed by atoms with E-state index < -0.39 is 0 Å². The molecule has 0 bridgehead atoms. The van der Waals surface area contributed by atoms with E-state index in [1.807, 2.05) is 13.0 Å². The smallest absolute Gasteiger partial charge is 0.123 e. The van der Waals surface area contributed by atoms with Gasteiger partial charge in [0.25, 0.3) is 0 Å². The average molecular weight is 162 g/mol. The Labute approximate surface area is 64.8 Å². The predicted molar refractivity (Wildman–Crippen MR) is 31.1 cm³/mol. The Morgan fingerprint density at radius 2 is 2.00 bits per heavy atom. The molecule has 1 aromatic carbocycles. The van der Waals surface area contributed by atoms with E-state index in [0.717, 1.165) is 5.56 Å². The number of hydrogen-bond acceptors (Lipinski definition) is 0. The molecule has 0 nitrogen and oxygen atoms in total. The molecule has 0 aromatic heterocycles. The first kappa shape index (κ1) is 8.68. The van der Waals surface area contributed by atoms with Crippen LogP contribution in [-0.2, 0) is 17.4 Å². The van der Waals surface area contributed by atoms with E-state index in [9.17, 15) is 4.39 Å². The molecule has 0 amide bonds. The van der Waals surface area contributed by atoms with Gasteiger partial charge in [-0.15, -0.1) is 0 Å². The summed E-state index contributed by atoms with van der Waals surface area (Å²) in [6.07, 6.45) is 0. The number of benzene rings is 1. The fourth-order valence-corrected chi connectivity index (χ4v) is 0.606. The largest absolute Gasteiger partial charge is 0.207 e. The molecule has 1 rings (SSSR count). The summed E-state index contributed by atoms with van der Waals surface area (Å²) in [6, 6.07) is 6.50. The molecular formula is C7H7CrF. The van der Waals surface area contributed by atoms with Gasteiger partial charge in [0.15, 0.2) is 0 Å². The number of rotatable bonds is 0. The van der Waals surface area contributed by atoms with Gasteiger partial charge in [0.2, 0.25) is 0 Å². The molecule has 0 saturated heterocycles. The topological polar surface area (TPSA) is 0 Å². The SMILES string of the molecule is Cc1cccc(F)c1.[Cr]. The molecule has 0 atom stereocenters. The minimum Gasteiger partial charge on any atom is -0.207 e. The monoisotopic (exact) mass is 162 g/mol. The van der Waals surface area contributed by atoms with Gasteiger partial charge in [-0.25, -0.2) is 4.39 Å². The van der Waals surface area contributed by atoms with Crippen LogP contribution in [0.1, 0.15) is 5.56 Å². The first-order valence-electron chi connectivity index (χ1n) is 2.51. The van der Waals surface area contributed by atoms with Gasteiger partial charge < -0.3 is 0 Å². The van der Waals surface area contributed by atoms with E-state index in [1.54, 1.807) is 6.07 Å². The van der Waals surface area contributed by atoms with Crippen molar-refractivity contribution < 1.29 is 21.8 Å². The Balaban J connectivity index is 0.000000640. The van der Waals surface area contributed by atoms with Crippen LogP contribution < -0.4 is 0 Å². The second kappa shape index (κ2) is 3.66. The van der Waals surface area contributed by atoms with Crippen LogP contribution in [0.5, 0.6) is 0 Å². The van der Waals surface area contributed by atoms with Gasteiger partial charge in [-0.2, -0.15) is 0 Å². The Hall–Kier alpha value is -0.318. The van der Waals surface area contributed by atoms with Gasteiger partial charge in [0.1, 0.15) is 5.82 Å². The summed E-state index contributed by atoms with van der Waals surface area (Å²) in [5.41, 5.74) is 0.963. The second-order valence-electron chi connectivity index (χ2n) is 1.80. The van der Waals surface area contributed by atoms with E-state index in [4.69, 9.17) is 0 Å². The third kappa shape index (κ3) is 2.65. The van der Waals surface area contributed by atoms with Crippen molar-refractivity contribution in [3.05, 3.63) is 35.6 Å². The van der Waals surface area contributed by atoms with E-state index in [0.29, 0.717) is 0 Å². The maximum absolute atomic E-state index is 12.2. The maximum atomic E-state index is 12.2. The van der Waals surface area contributed by atoms with Gasteiger partial charge in [-0.1, -0.05) is 12.1 Å². The maximum Gasteiger partial charge on any atom is 0.123 e. The van der Waals surface area contributed by atoms with Crippen LogP contribution in [-0.4, -0.2) is 0 Å². The fraction of sp³-hybridized carbons (Fsp3) is 0.143. The molecule has 0 aliphatic carbocycles. The predicted octanol–water partition coefficient (Wildman–Crippen LogP) is 2.13. The average Bonchev–Trinajstić information content (AvgIpc) is 1.64. The van der Waals surface area contributed by atoms with Crippen molar-refractivity contribution in [3.63, 3.8) is 0 Å². The zero-order chi connectivity index (χ0) is 5.98. The minimum absolute atomic E-state index is 0. The summed E-state index contributed by atoms with van der Waals surface area (Å²) in [5, 5.41) is 0. The molecule has 0 spiro atoms. The second-order valence-corrected chi connectivity index (χ2v) is 1.80. The molecule has 0 aliphatic rings. The van der Waals surface area contributed by atoms with E-state index in [-0.39, 0.29) is 23.2 Å². The minimum atomic E-state index is -0.162. The standard InChI is InChI=1S/C7H7F.Cr/c1-6-3-2-4-7(8)5-6;/h2-5H,1H3;. The Morgan fingerprint density at radius 1 is 1.33 bits per heavy atom. The molecule has 0 unspecified atom stereocenters. The van der Waals surface area contributed by atoms with Crippen molar-refractivity contribution in [2.24, 2.45) is 0 Å². The van der Waals surface area contributed by atoms with Crippen LogP contribution >= 0.6 is 0 Å². The van der Waals surface area contributed by atoms with Gasteiger partial charge in [-0.05, 0) is 24.6 Å². The number of hydrogen-bond donors (Lipinski definition) is 0. The summed E-state index contributed by atoms with van der Waals surface area (Å²) >= 11 is 0. The molecule has 2 heteroatoms. The molecule has 0 heterocycles. The van der Waals surface area contributed by atoms with Gasteiger partial charge in [-0.3, -0.25) is 0 Å². The summed E-state index contributed by atoms with van der Waals surface area (Å²) in [5.74, 6) is -0.162. The molecule has 1 aromatic rings. The summed E-state index contributed by atoms with van der Waals surface area (Å²) in [4.78, 5) is 0. The van der Waals surface area contributed by atoms with E-state index >= 15 is 0 Å². The number of aryl methyl sites for hydroxylation is 1. The van der Waals surface area contributed by atoms with Crippen molar-refractivity contribution in [3.8, 4) is 0 Å². The van der Waals surface area contributed by atoms with Crippen molar-refractivity contribution in [2.45, 2.75) is 6.92 Å². The molecule has 0 fully saturated rings. The molecule has 9 heavy (non-hydrogen) atoms. The fourth-order valence-electron chi connectivity index (χ4n) is 0.606. The van der Waals surface area contributed by atoms with Crippen LogP contribution in [0.3, 0.4) is 0 Å². The summed E-state index contributed by atoms with van der Waals surface area (Å²) in [7, 11) is 0. The molecular weight excluding hydrogens is 155 g/mol. The summed E-state index contributed by atoms with van der Waals surface area (Å²) in [6.45, 7) is 1.86. The van der Waals surface area contributed by atoms with Crippen LogP contribution in [0.2, 0.25) is 0 Å². The van der Waals surface area contributed by atoms with Crippen molar-refractivity contribution in [2.75, 3.05) is 0 Å². The van der Waals surface area contributed by atoms with Crippen molar-refractivity contribution in [1.82, 2.24) is 0 Å². The quantitative estimate of drug-likeness (QED) is 0.548. The van der Waals surface area contributed by atoms with E-state index in [2.05, 4.69) is 0 Å². The molecule has 0 saturated carbocycles. The first-order chi connectivity index (χ1) is 3.79. The zero-order valence-electron chi connectivity index (χ0n) is 5.10.